The number of rotatable bonds is 3. The van der Waals surface area contributed by atoms with Crippen LogP contribution in [0.25, 0.3) is 16.6 Å². The Bertz CT molecular complexity index is 887. The molecule has 8 heteroatoms. The van der Waals surface area contributed by atoms with E-state index in [4.69, 9.17) is 5.11 Å². The summed E-state index contributed by atoms with van der Waals surface area (Å²) >= 11 is 0. The molecule has 5 nitrogen and oxygen atoms in total. The third-order valence-electron chi connectivity index (χ3n) is 3.07. The summed E-state index contributed by atoms with van der Waals surface area (Å²) in [6, 6.07) is 9.73. The van der Waals surface area contributed by atoms with Crippen LogP contribution in [0.2, 0.25) is 0 Å². The minimum absolute atomic E-state index is 0.103. The van der Waals surface area contributed by atoms with Crippen molar-refractivity contribution in [1.29, 1.82) is 0 Å². The molecule has 0 spiro atoms. The molecule has 2 aromatic carbocycles. The second-order valence-electron chi connectivity index (χ2n) is 4.70. The Kier molecular flexibility index (Phi) is 3.44. The van der Waals surface area contributed by atoms with Gasteiger partial charge >= 0.3 is 12.3 Å². The largest absolute Gasteiger partial charge is 0.573 e. The average molecular weight is 322 g/mol. The van der Waals surface area contributed by atoms with Gasteiger partial charge in [0.05, 0.1) is 16.8 Å². The lowest BCUT2D eigenvalue weighted by molar-refractivity contribution is -0.274. The maximum absolute atomic E-state index is 12.3. The molecule has 3 aromatic rings. The van der Waals surface area contributed by atoms with Crippen LogP contribution in [0.5, 0.6) is 5.75 Å². The van der Waals surface area contributed by atoms with Crippen molar-refractivity contribution in [3.63, 3.8) is 0 Å². The van der Waals surface area contributed by atoms with E-state index in [-0.39, 0.29) is 11.3 Å². The number of aromatic nitrogens is 2. The molecule has 0 saturated heterocycles. The SMILES string of the molecule is O=C(O)c1ccc2nn(-c3cccc(OC(F)(F)F)c3)cc2c1. The van der Waals surface area contributed by atoms with Gasteiger partial charge < -0.3 is 9.84 Å². The normalized spacial score (nSPS) is 11.6. The van der Waals surface area contributed by atoms with Crippen molar-refractivity contribution in [2.75, 3.05) is 0 Å². The molecule has 3 rings (SSSR count). The predicted octanol–water partition coefficient (Wildman–Crippen LogP) is 3.62. The molecule has 0 aliphatic rings. The highest BCUT2D eigenvalue weighted by molar-refractivity contribution is 5.93. The van der Waals surface area contributed by atoms with Crippen LogP contribution in [0.4, 0.5) is 13.2 Å². The lowest BCUT2D eigenvalue weighted by Gasteiger charge is -2.09. The first-order valence-corrected chi connectivity index (χ1v) is 6.41. The van der Waals surface area contributed by atoms with Crippen molar-refractivity contribution < 1.29 is 27.8 Å². The number of hydrogen-bond acceptors (Lipinski definition) is 3. The number of ether oxygens (including phenoxy) is 1. The van der Waals surface area contributed by atoms with E-state index in [1.807, 2.05) is 0 Å². The van der Waals surface area contributed by atoms with E-state index < -0.39 is 12.3 Å². The fourth-order valence-corrected chi connectivity index (χ4v) is 2.11. The van der Waals surface area contributed by atoms with Gasteiger partial charge in [-0.05, 0) is 30.3 Å². The summed E-state index contributed by atoms with van der Waals surface area (Å²) in [5, 5.41) is 13.7. The highest BCUT2D eigenvalue weighted by atomic mass is 19.4. The highest BCUT2D eigenvalue weighted by Gasteiger charge is 2.31. The first-order chi connectivity index (χ1) is 10.8. The van der Waals surface area contributed by atoms with E-state index in [2.05, 4.69) is 9.84 Å². The number of alkyl halides is 3. The third kappa shape index (κ3) is 3.25. The molecule has 0 aliphatic carbocycles. The van der Waals surface area contributed by atoms with Crippen LogP contribution in [0.15, 0.2) is 48.7 Å². The maximum Gasteiger partial charge on any atom is 0.573 e. The van der Waals surface area contributed by atoms with E-state index in [1.54, 1.807) is 6.07 Å². The van der Waals surface area contributed by atoms with Crippen LogP contribution in [-0.4, -0.2) is 27.2 Å². The molecule has 1 N–H and O–H groups in total. The minimum Gasteiger partial charge on any atom is -0.478 e. The Morgan fingerprint density at radius 1 is 1.17 bits per heavy atom. The van der Waals surface area contributed by atoms with E-state index in [0.29, 0.717) is 16.6 Å². The Balaban J connectivity index is 2.00. The summed E-state index contributed by atoms with van der Waals surface area (Å²) in [5.74, 6) is -1.43. The summed E-state index contributed by atoms with van der Waals surface area (Å²) in [5.41, 5.74) is 0.989. The average Bonchev–Trinajstić information content (AvgIpc) is 2.88. The summed E-state index contributed by atoms with van der Waals surface area (Å²) in [6.07, 6.45) is -3.24. The molecule has 0 amide bonds. The van der Waals surface area contributed by atoms with Gasteiger partial charge in [0.25, 0.3) is 0 Å². The van der Waals surface area contributed by atoms with Crippen molar-refractivity contribution in [3.05, 3.63) is 54.2 Å². The first kappa shape index (κ1) is 14.9. The van der Waals surface area contributed by atoms with E-state index in [9.17, 15) is 18.0 Å². The van der Waals surface area contributed by atoms with E-state index >= 15 is 0 Å². The Hall–Kier alpha value is -3.03. The van der Waals surface area contributed by atoms with Gasteiger partial charge in [0, 0.05) is 17.6 Å². The maximum atomic E-state index is 12.3. The molecule has 23 heavy (non-hydrogen) atoms. The van der Waals surface area contributed by atoms with Crippen molar-refractivity contribution in [1.82, 2.24) is 9.78 Å². The number of halogens is 3. The number of fused-ring (bicyclic) bond motifs is 1. The molecular formula is C15H9F3N2O3. The number of nitrogens with zero attached hydrogens (tertiary/aromatic N) is 2. The highest BCUT2D eigenvalue weighted by Crippen LogP contribution is 2.25. The van der Waals surface area contributed by atoms with Gasteiger partial charge in [0.2, 0.25) is 0 Å². The quantitative estimate of drug-likeness (QED) is 0.800. The standard InChI is InChI=1S/C15H9F3N2O3/c16-15(17,18)23-12-3-1-2-11(7-12)20-8-10-6-9(14(21)22)4-5-13(10)19-20/h1-8H,(H,21,22). The molecule has 0 fully saturated rings. The summed E-state index contributed by atoms with van der Waals surface area (Å²) in [6.45, 7) is 0. The van der Waals surface area contributed by atoms with Gasteiger partial charge in [-0.2, -0.15) is 5.10 Å². The van der Waals surface area contributed by atoms with E-state index in [1.165, 1.54) is 47.3 Å². The van der Waals surface area contributed by atoms with Crippen molar-refractivity contribution in [2.45, 2.75) is 6.36 Å². The molecular weight excluding hydrogens is 313 g/mol. The van der Waals surface area contributed by atoms with Crippen molar-refractivity contribution in [2.24, 2.45) is 0 Å². The van der Waals surface area contributed by atoms with Gasteiger partial charge in [-0.15, -0.1) is 13.2 Å². The Morgan fingerprint density at radius 2 is 1.96 bits per heavy atom. The number of benzene rings is 2. The Labute approximate surface area is 127 Å². The van der Waals surface area contributed by atoms with Crippen LogP contribution < -0.4 is 4.74 Å². The summed E-state index contributed by atoms with van der Waals surface area (Å²) in [7, 11) is 0. The molecule has 0 unspecified atom stereocenters. The van der Waals surface area contributed by atoms with Gasteiger partial charge in [-0.25, -0.2) is 9.48 Å². The van der Waals surface area contributed by atoms with Gasteiger partial charge in [-0.1, -0.05) is 6.07 Å². The van der Waals surface area contributed by atoms with Gasteiger partial charge in [0.1, 0.15) is 5.75 Å². The molecule has 0 atom stereocenters. The summed E-state index contributed by atoms with van der Waals surface area (Å²) < 4.78 is 42.0. The zero-order valence-corrected chi connectivity index (χ0v) is 11.4. The number of carboxylic acid groups (broad SMARTS) is 1. The van der Waals surface area contributed by atoms with Crippen molar-refractivity contribution in [3.8, 4) is 11.4 Å². The number of carboxylic acids is 1. The van der Waals surface area contributed by atoms with Crippen LogP contribution in [-0.2, 0) is 0 Å². The molecule has 0 aliphatic heterocycles. The minimum atomic E-state index is -4.77. The van der Waals surface area contributed by atoms with Crippen LogP contribution in [0, 0.1) is 0 Å². The lowest BCUT2D eigenvalue weighted by atomic mass is 10.2. The van der Waals surface area contributed by atoms with E-state index in [0.717, 1.165) is 0 Å². The number of aromatic carboxylic acids is 1. The van der Waals surface area contributed by atoms with Crippen LogP contribution in [0.1, 0.15) is 10.4 Å². The molecule has 118 valence electrons. The zero-order chi connectivity index (χ0) is 16.6. The van der Waals surface area contributed by atoms with Gasteiger partial charge in [-0.3, -0.25) is 0 Å². The number of carbonyl (C=O) groups is 1. The summed E-state index contributed by atoms with van der Waals surface area (Å²) in [4.78, 5) is 10.9. The van der Waals surface area contributed by atoms with Crippen LogP contribution in [0.3, 0.4) is 0 Å². The second kappa shape index (κ2) is 5.31. The Morgan fingerprint density at radius 3 is 2.65 bits per heavy atom. The van der Waals surface area contributed by atoms with Gasteiger partial charge in [0.15, 0.2) is 0 Å². The zero-order valence-electron chi connectivity index (χ0n) is 11.4. The topological polar surface area (TPSA) is 64.3 Å². The predicted molar refractivity (Wildman–Crippen MR) is 74.7 cm³/mol. The second-order valence-corrected chi connectivity index (χ2v) is 4.70. The fourth-order valence-electron chi connectivity index (χ4n) is 2.11. The third-order valence-corrected chi connectivity index (χ3v) is 3.07. The first-order valence-electron chi connectivity index (χ1n) is 6.41. The molecule has 1 heterocycles. The smallest absolute Gasteiger partial charge is 0.478 e. The molecule has 0 radical (unpaired) electrons. The fraction of sp³-hybridized carbons (Fsp3) is 0.0667. The molecule has 0 saturated carbocycles. The van der Waals surface area contributed by atoms with Crippen LogP contribution >= 0.6 is 0 Å². The monoisotopic (exact) mass is 322 g/mol. The lowest BCUT2D eigenvalue weighted by Crippen LogP contribution is -2.17. The number of hydrogen-bond donors (Lipinski definition) is 1. The molecule has 1 aromatic heterocycles. The molecule has 0 bridgehead atoms. The van der Waals surface area contributed by atoms with Crippen molar-refractivity contribution >= 4 is 16.9 Å².